The van der Waals surface area contributed by atoms with Gasteiger partial charge < -0.3 is 20.1 Å². The van der Waals surface area contributed by atoms with Crippen molar-refractivity contribution < 1.29 is 22.1 Å². The molecule has 0 aliphatic carbocycles. The maximum absolute atomic E-state index is 14.6. The molecule has 4 rings (SSSR count). The normalized spacial score (nSPS) is 19.2. The van der Waals surface area contributed by atoms with Crippen LogP contribution in [-0.2, 0) is 11.0 Å². The number of piperidine rings is 1. The van der Waals surface area contributed by atoms with Gasteiger partial charge in [-0.15, -0.1) is 11.3 Å². The van der Waals surface area contributed by atoms with Gasteiger partial charge in [-0.2, -0.15) is 18.3 Å². The van der Waals surface area contributed by atoms with Gasteiger partial charge in [-0.05, 0) is 43.8 Å². The molecule has 0 amide bonds. The summed E-state index contributed by atoms with van der Waals surface area (Å²) in [7, 11) is -0.620. The number of rotatable bonds is 6. The highest BCUT2D eigenvalue weighted by Gasteiger charge is 2.32. The first kappa shape index (κ1) is 26.5. The summed E-state index contributed by atoms with van der Waals surface area (Å²) >= 11 is 1.18. The van der Waals surface area contributed by atoms with Crippen LogP contribution in [0.4, 0.5) is 29.1 Å². The molecule has 1 fully saturated rings. The number of nitrogens with zero attached hydrogens (tertiary/aromatic N) is 2. The van der Waals surface area contributed by atoms with E-state index in [2.05, 4.69) is 32.7 Å². The molecule has 194 valence electrons. The van der Waals surface area contributed by atoms with E-state index in [4.69, 9.17) is 0 Å². The van der Waals surface area contributed by atoms with Crippen molar-refractivity contribution in [1.82, 2.24) is 15.1 Å². The van der Waals surface area contributed by atoms with Crippen molar-refractivity contribution in [3.8, 4) is 11.8 Å². The quantitative estimate of drug-likeness (QED) is 0.235. The second kappa shape index (κ2) is 10.4. The molecule has 3 heterocycles. The van der Waals surface area contributed by atoms with E-state index in [9.17, 15) is 22.1 Å². The highest BCUT2D eigenvalue weighted by atomic mass is 32.1. The van der Waals surface area contributed by atoms with Crippen LogP contribution in [0.2, 0.25) is 0 Å². The van der Waals surface area contributed by atoms with Crippen molar-refractivity contribution in [3.05, 3.63) is 34.7 Å². The molecule has 1 aromatic carbocycles. The first-order valence-corrected chi connectivity index (χ1v) is 14.9. The molecule has 1 aliphatic rings. The summed E-state index contributed by atoms with van der Waals surface area (Å²) in [5, 5.41) is 13.4. The van der Waals surface area contributed by atoms with Crippen molar-refractivity contribution in [2.75, 3.05) is 50.6 Å². The molecule has 3 N–H and O–H groups in total. The molecule has 1 saturated heterocycles. The molecule has 12 heteroatoms. The fraction of sp³-hybridized carbons (Fsp3) is 0.458. The minimum atomic E-state index is -4.40. The molecule has 1 aliphatic heterocycles. The number of likely N-dealkylation sites (tertiary alicyclic amines) is 1. The van der Waals surface area contributed by atoms with Crippen molar-refractivity contribution in [2.24, 2.45) is 0 Å². The van der Waals surface area contributed by atoms with Crippen molar-refractivity contribution >= 4 is 45.5 Å². The number of nitrogens with one attached hydrogen (secondary N) is 3. The number of fused-ring (bicyclic) bond motifs is 1. The number of aromatic nitrogens is 2. The molecule has 2 atom stereocenters. The van der Waals surface area contributed by atoms with E-state index < -0.39 is 32.0 Å². The third-order valence-corrected chi connectivity index (χ3v) is 8.57. The second-order valence-corrected chi connectivity index (χ2v) is 13.6. The standard InChI is InChI=1S/C24H28F4N5OPS/c1-33-11-9-18(17(25)14-33)30-19-7-4-6-15-16(13-24(26,27)28)20(36-23(15)19)8-5-10-29-21-12-22(32-31-21)35(2,3)34/h4,6-7,12,17-18,30H,9-11,13-14H2,1-3H3,(H2,29,31,32)/t17-,18+/m0/s1. The molecular formula is C24H28F4N5OPS. The van der Waals surface area contributed by atoms with E-state index in [0.29, 0.717) is 44.9 Å². The van der Waals surface area contributed by atoms with Crippen molar-refractivity contribution in [1.29, 1.82) is 0 Å². The minimum Gasteiger partial charge on any atom is -0.378 e. The van der Waals surface area contributed by atoms with Crippen LogP contribution in [0.5, 0.6) is 0 Å². The van der Waals surface area contributed by atoms with E-state index in [1.54, 1.807) is 37.6 Å². The van der Waals surface area contributed by atoms with Gasteiger partial charge in [-0.1, -0.05) is 24.0 Å². The fourth-order valence-corrected chi connectivity index (χ4v) is 6.01. The van der Waals surface area contributed by atoms with Gasteiger partial charge in [0.15, 0.2) is 0 Å². The lowest BCUT2D eigenvalue weighted by atomic mass is 10.0. The Morgan fingerprint density at radius 2 is 2.11 bits per heavy atom. The number of anilines is 2. The molecule has 0 radical (unpaired) electrons. The zero-order chi connectivity index (χ0) is 26.1. The lowest BCUT2D eigenvalue weighted by molar-refractivity contribution is -0.126. The first-order chi connectivity index (χ1) is 16.9. The Labute approximate surface area is 211 Å². The van der Waals surface area contributed by atoms with Crippen molar-refractivity contribution in [3.63, 3.8) is 0 Å². The largest absolute Gasteiger partial charge is 0.393 e. The highest BCUT2D eigenvalue weighted by Crippen LogP contribution is 2.39. The summed E-state index contributed by atoms with van der Waals surface area (Å²) in [6, 6.07) is 6.35. The van der Waals surface area contributed by atoms with Gasteiger partial charge in [-0.3, -0.25) is 5.10 Å². The monoisotopic (exact) mass is 541 g/mol. The van der Waals surface area contributed by atoms with E-state index in [-0.39, 0.29) is 12.1 Å². The Morgan fingerprint density at radius 3 is 2.78 bits per heavy atom. The first-order valence-electron chi connectivity index (χ1n) is 11.4. The molecule has 3 aromatic rings. The van der Waals surface area contributed by atoms with Crippen LogP contribution in [0, 0.1) is 11.8 Å². The zero-order valence-electron chi connectivity index (χ0n) is 20.2. The van der Waals surface area contributed by atoms with Crippen LogP contribution in [-0.4, -0.2) is 73.5 Å². The SMILES string of the molecule is CN1CC[C@@H](Nc2cccc3c(CC(F)(F)F)c(C#CCNc4cc(P(C)(C)=O)[nH]n4)sc23)[C@@H](F)C1. The number of halogens is 4. The third kappa shape index (κ3) is 6.41. The van der Waals surface area contributed by atoms with Gasteiger partial charge in [0, 0.05) is 19.2 Å². The van der Waals surface area contributed by atoms with Crippen LogP contribution in [0.3, 0.4) is 0 Å². The molecule has 0 unspecified atom stereocenters. The maximum atomic E-state index is 14.6. The Hall–Kier alpha value is -2.54. The van der Waals surface area contributed by atoms with E-state index in [0.717, 1.165) is 6.54 Å². The molecule has 0 spiro atoms. The molecule has 36 heavy (non-hydrogen) atoms. The van der Waals surface area contributed by atoms with Gasteiger partial charge in [0.05, 0.1) is 39.7 Å². The van der Waals surface area contributed by atoms with E-state index in [1.807, 2.05) is 11.9 Å². The molecule has 0 bridgehead atoms. The number of hydrogen-bond acceptors (Lipinski definition) is 6. The summed E-state index contributed by atoms with van der Waals surface area (Å²) in [5.74, 6) is 6.21. The Morgan fingerprint density at radius 1 is 1.33 bits per heavy atom. The number of aromatic amines is 1. The van der Waals surface area contributed by atoms with Gasteiger partial charge in [0.1, 0.15) is 19.1 Å². The lowest BCUT2D eigenvalue weighted by Gasteiger charge is -2.33. The topological polar surface area (TPSA) is 73.0 Å². The average Bonchev–Trinajstić information content (AvgIpc) is 3.38. The van der Waals surface area contributed by atoms with Crippen LogP contribution >= 0.6 is 18.5 Å². The zero-order valence-corrected chi connectivity index (χ0v) is 21.9. The number of hydrogen-bond donors (Lipinski definition) is 3. The summed E-state index contributed by atoms with van der Waals surface area (Å²) in [6.45, 7) is 4.44. The number of alkyl halides is 4. The maximum Gasteiger partial charge on any atom is 0.393 e. The Kier molecular flexibility index (Phi) is 7.69. The summed E-state index contributed by atoms with van der Waals surface area (Å²) in [4.78, 5) is 2.25. The minimum absolute atomic E-state index is 0.124. The number of benzene rings is 1. The van der Waals surface area contributed by atoms with Gasteiger partial charge in [-0.25, -0.2) is 4.39 Å². The van der Waals surface area contributed by atoms with Crippen LogP contribution < -0.4 is 16.1 Å². The highest BCUT2D eigenvalue weighted by molar-refractivity contribution is 7.69. The van der Waals surface area contributed by atoms with Crippen molar-refractivity contribution in [2.45, 2.75) is 31.2 Å². The molecule has 2 aromatic heterocycles. The summed E-state index contributed by atoms with van der Waals surface area (Å²) < 4.78 is 67.7. The van der Waals surface area contributed by atoms with Gasteiger partial charge in [0.25, 0.3) is 0 Å². The summed E-state index contributed by atoms with van der Waals surface area (Å²) in [6.07, 6.45) is -5.97. The van der Waals surface area contributed by atoms with E-state index >= 15 is 0 Å². The van der Waals surface area contributed by atoms with E-state index in [1.165, 1.54) is 11.3 Å². The molecule has 0 saturated carbocycles. The average molecular weight is 542 g/mol. The Bertz CT molecular complexity index is 1340. The number of thiophene rings is 1. The van der Waals surface area contributed by atoms with Crippen LogP contribution in [0.25, 0.3) is 10.1 Å². The van der Waals surface area contributed by atoms with Gasteiger partial charge >= 0.3 is 6.18 Å². The predicted octanol–water partition coefficient (Wildman–Crippen LogP) is 4.89. The number of H-pyrrole nitrogens is 1. The predicted molar refractivity (Wildman–Crippen MR) is 139 cm³/mol. The lowest BCUT2D eigenvalue weighted by Crippen LogP contribution is -2.46. The van der Waals surface area contributed by atoms with Crippen LogP contribution in [0.1, 0.15) is 16.9 Å². The fourth-order valence-electron chi connectivity index (χ4n) is 4.12. The summed E-state index contributed by atoms with van der Waals surface area (Å²) in [5.41, 5.74) is 1.27. The molecule has 6 nitrogen and oxygen atoms in total. The van der Waals surface area contributed by atoms with Gasteiger partial charge in [0.2, 0.25) is 0 Å². The molecular weight excluding hydrogens is 513 g/mol. The Balaban J connectivity index is 1.59. The third-order valence-electron chi connectivity index (χ3n) is 5.99. The second-order valence-electron chi connectivity index (χ2n) is 9.35. The smallest absolute Gasteiger partial charge is 0.378 e. The van der Waals surface area contributed by atoms with Crippen LogP contribution in [0.15, 0.2) is 24.3 Å².